The van der Waals surface area contributed by atoms with Crippen LogP contribution in [0.3, 0.4) is 0 Å². The van der Waals surface area contributed by atoms with E-state index in [-0.39, 0.29) is 12.5 Å². The highest BCUT2D eigenvalue weighted by atomic mass is 16.5. The largest absolute Gasteiger partial charge is 0.346 e. The third kappa shape index (κ3) is 7.71. The van der Waals surface area contributed by atoms with Crippen LogP contribution in [0.4, 0.5) is 0 Å². The van der Waals surface area contributed by atoms with E-state index in [1.54, 1.807) is 0 Å². The lowest BCUT2D eigenvalue weighted by molar-refractivity contribution is -0.0233. The molecule has 0 heterocycles. The van der Waals surface area contributed by atoms with Gasteiger partial charge in [-0.05, 0) is 13.8 Å². The van der Waals surface area contributed by atoms with Crippen LogP contribution >= 0.6 is 0 Å². The molecule has 76 valence electrons. The molecule has 0 aromatic heterocycles. The lowest BCUT2D eigenvalue weighted by atomic mass is 10.5. The Labute approximate surface area is 80.9 Å². The molecule has 2 atom stereocenters. The Hall–Kier alpha value is -0.640. The van der Waals surface area contributed by atoms with Crippen LogP contribution in [0.1, 0.15) is 13.8 Å². The Morgan fingerprint density at radius 3 is 1.77 bits per heavy atom. The normalized spacial score (nSPS) is 14.9. The van der Waals surface area contributed by atoms with Gasteiger partial charge in [0.25, 0.3) is 0 Å². The minimum absolute atomic E-state index is 0.0327. The molecule has 2 unspecified atom stereocenters. The zero-order chi connectivity index (χ0) is 10.1. The Bertz CT molecular complexity index is 132. The van der Waals surface area contributed by atoms with E-state index in [9.17, 15) is 0 Å². The molecule has 0 amide bonds. The maximum atomic E-state index is 5.54. The quantitative estimate of drug-likeness (QED) is 0.440. The van der Waals surface area contributed by atoms with E-state index in [0.717, 1.165) is 13.1 Å². The smallest absolute Gasteiger partial charge is 0.107 e. The van der Waals surface area contributed by atoms with Gasteiger partial charge >= 0.3 is 0 Å². The molecule has 3 heteroatoms. The monoisotopic (exact) mass is 184 g/mol. The maximum absolute atomic E-state index is 5.54. The number of hydrogen-bond acceptors (Lipinski definition) is 3. The first-order valence-corrected chi connectivity index (χ1v) is 4.54. The van der Waals surface area contributed by atoms with Crippen LogP contribution in [0.5, 0.6) is 0 Å². The highest BCUT2D eigenvalue weighted by molar-refractivity contribution is 4.72. The lowest BCUT2D eigenvalue weighted by Crippen LogP contribution is -2.38. The van der Waals surface area contributed by atoms with Crippen molar-refractivity contribution in [1.82, 2.24) is 10.6 Å². The molecule has 0 radical (unpaired) electrons. The molecule has 0 aliphatic heterocycles. The Kier molecular flexibility index (Phi) is 7.59. The van der Waals surface area contributed by atoms with Gasteiger partial charge in [0.1, 0.15) is 12.5 Å². The molecule has 13 heavy (non-hydrogen) atoms. The lowest BCUT2D eigenvalue weighted by Gasteiger charge is -2.20. The predicted molar refractivity (Wildman–Crippen MR) is 56.4 cm³/mol. The van der Waals surface area contributed by atoms with E-state index in [0.29, 0.717) is 0 Å². The fourth-order valence-electron chi connectivity index (χ4n) is 0.901. The number of ether oxygens (including phenoxy) is 1. The molecule has 0 rings (SSSR count). The molecule has 0 saturated carbocycles. The van der Waals surface area contributed by atoms with Crippen LogP contribution in [-0.2, 0) is 4.74 Å². The van der Waals surface area contributed by atoms with E-state index in [1.807, 2.05) is 26.0 Å². The fraction of sp³-hybridized carbons (Fsp3) is 0.600. The van der Waals surface area contributed by atoms with Crippen LogP contribution in [0, 0.1) is 0 Å². The van der Waals surface area contributed by atoms with Crippen molar-refractivity contribution in [2.75, 3.05) is 13.1 Å². The van der Waals surface area contributed by atoms with Gasteiger partial charge in [-0.25, -0.2) is 0 Å². The van der Waals surface area contributed by atoms with E-state index < -0.39 is 0 Å². The van der Waals surface area contributed by atoms with Gasteiger partial charge in [0.15, 0.2) is 0 Å². The fourth-order valence-corrected chi connectivity index (χ4v) is 0.901. The molecule has 0 saturated heterocycles. The van der Waals surface area contributed by atoms with Crippen molar-refractivity contribution in [2.45, 2.75) is 26.3 Å². The Morgan fingerprint density at radius 1 is 1.08 bits per heavy atom. The first-order valence-electron chi connectivity index (χ1n) is 4.54. The molecule has 0 aromatic rings. The number of nitrogens with one attached hydrogen (secondary N) is 2. The minimum Gasteiger partial charge on any atom is -0.346 e. The van der Waals surface area contributed by atoms with Crippen LogP contribution in [-0.4, -0.2) is 25.5 Å². The first-order chi connectivity index (χ1) is 6.20. The molecule has 0 bridgehead atoms. The summed E-state index contributed by atoms with van der Waals surface area (Å²) in [6.45, 7) is 12.7. The summed E-state index contributed by atoms with van der Waals surface area (Å²) in [4.78, 5) is 0. The summed E-state index contributed by atoms with van der Waals surface area (Å²) in [5.41, 5.74) is 0. The molecular formula is C10H20N2O. The van der Waals surface area contributed by atoms with Gasteiger partial charge in [0, 0.05) is 13.1 Å². The summed E-state index contributed by atoms with van der Waals surface area (Å²) in [6.07, 6.45) is 3.68. The van der Waals surface area contributed by atoms with Gasteiger partial charge in [-0.2, -0.15) is 0 Å². The standard InChI is InChI=1S/C10H20N2O/c1-5-7-11-9(3)13-10(4)12-8-6-2/h5-6,9-12H,1-2,7-8H2,3-4H3. The van der Waals surface area contributed by atoms with Crippen LogP contribution in [0.15, 0.2) is 25.3 Å². The molecule has 0 aliphatic carbocycles. The van der Waals surface area contributed by atoms with Gasteiger partial charge in [-0.3, -0.25) is 10.6 Å². The molecule has 0 aliphatic rings. The zero-order valence-electron chi connectivity index (χ0n) is 8.55. The third-order valence-electron chi connectivity index (χ3n) is 1.51. The van der Waals surface area contributed by atoms with E-state index in [1.165, 1.54) is 0 Å². The van der Waals surface area contributed by atoms with Crippen molar-refractivity contribution >= 4 is 0 Å². The minimum atomic E-state index is 0.0327. The second kappa shape index (κ2) is 7.98. The van der Waals surface area contributed by atoms with Crippen LogP contribution in [0.2, 0.25) is 0 Å². The van der Waals surface area contributed by atoms with Crippen molar-refractivity contribution in [3.8, 4) is 0 Å². The van der Waals surface area contributed by atoms with Crippen molar-refractivity contribution in [2.24, 2.45) is 0 Å². The summed E-state index contributed by atoms with van der Waals surface area (Å²) in [6, 6.07) is 0. The van der Waals surface area contributed by atoms with Crippen molar-refractivity contribution in [3.63, 3.8) is 0 Å². The van der Waals surface area contributed by atoms with Crippen molar-refractivity contribution in [3.05, 3.63) is 25.3 Å². The molecule has 0 spiro atoms. The van der Waals surface area contributed by atoms with Crippen molar-refractivity contribution in [1.29, 1.82) is 0 Å². The van der Waals surface area contributed by atoms with Gasteiger partial charge < -0.3 is 4.74 Å². The number of hydrogen-bond donors (Lipinski definition) is 2. The summed E-state index contributed by atoms with van der Waals surface area (Å²) < 4.78 is 5.54. The van der Waals surface area contributed by atoms with Gasteiger partial charge in [-0.15, -0.1) is 13.2 Å². The predicted octanol–water partition coefficient (Wildman–Crippen LogP) is 1.25. The SMILES string of the molecule is C=CCNC(C)OC(C)NCC=C. The van der Waals surface area contributed by atoms with Gasteiger partial charge in [0.05, 0.1) is 0 Å². The Morgan fingerprint density at radius 2 is 1.46 bits per heavy atom. The van der Waals surface area contributed by atoms with Crippen LogP contribution < -0.4 is 10.6 Å². The molecule has 2 N–H and O–H groups in total. The molecular weight excluding hydrogens is 164 g/mol. The summed E-state index contributed by atoms with van der Waals surface area (Å²) in [5.74, 6) is 0. The van der Waals surface area contributed by atoms with E-state index in [4.69, 9.17) is 4.74 Å². The Balaban J connectivity index is 3.45. The van der Waals surface area contributed by atoms with E-state index >= 15 is 0 Å². The van der Waals surface area contributed by atoms with Crippen molar-refractivity contribution < 1.29 is 4.74 Å². The highest BCUT2D eigenvalue weighted by Crippen LogP contribution is 1.91. The van der Waals surface area contributed by atoms with E-state index in [2.05, 4.69) is 23.8 Å². The average Bonchev–Trinajstić information content (AvgIpc) is 2.11. The second-order valence-corrected chi connectivity index (χ2v) is 2.81. The maximum Gasteiger partial charge on any atom is 0.107 e. The van der Waals surface area contributed by atoms with Gasteiger partial charge in [0.2, 0.25) is 0 Å². The third-order valence-corrected chi connectivity index (χ3v) is 1.51. The average molecular weight is 184 g/mol. The van der Waals surface area contributed by atoms with Gasteiger partial charge in [-0.1, -0.05) is 12.2 Å². The molecule has 0 fully saturated rings. The van der Waals surface area contributed by atoms with Crippen LogP contribution in [0.25, 0.3) is 0 Å². The summed E-state index contributed by atoms with van der Waals surface area (Å²) in [7, 11) is 0. The molecule has 3 nitrogen and oxygen atoms in total. The first kappa shape index (κ1) is 12.4. The zero-order valence-corrected chi connectivity index (χ0v) is 8.55. The highest BCUT2D eigenvalue weighted by Gasteiger charge is 2.04. The summed E-state index contributed by atoms with van der Waals surface area (Å²) >= 11 is 0. The molecule has 0 aromatic carbocycles. The second-order valence-electron chi connectivity index (χ2n) is 2.81. The topological polar surface area (TPSA) is 33.3 Å². The summed E-state index contributed by atoms with van der Waals surface area (Å²) in [5, 5.41) is 6.27. The number of rotatable bonds is 8.